The number of hydrogen-bond acceptors (Lipinski definition) is 14. The van der Waals surface area contributed by atoms with Crippen LogP contribution in [0.3, 0.4) is 0 Å². The van der Waals surface area contributed by atoms with Gasteiger partial charge in [-0.3, -0.25) is 23.2 Å². The van der Waals surface area contributed by atoms with E-state index in [0.29, 0.717) is 0 Å². The highest BCUT2D eigenvalue weighted by molar-refractivity contribution is 7.52. The first-order valence-corrected chi connectivity index (χ1v) is 18.9. The Kier molecular flexibility index (Phi) is 13.5. The van der Waals surface area contributed by atoms with Crippen molar-refractivity contribution in [1.29, 1.82) is 0 Å². The van der Waals surface area contributed by atoms with Gasteiger partial charge in [-0.2, -0.15) is 15.2 Å². The maximum absolute atomic E-state index is 14.5. The first-order chi connectivity index (χ1) is 24.1. The summed E-state index contributed by atoms with van der Waals surface area (Å²) < 4.78 is 64.3. The van der Waals surface area contributed by atoms with Crippen molar-refractivity contribution in [1.82, 2.24) is 24.7 Å². The van der Waals surface area contributed by atoms with E-state index in [4.69, 9.17) is 33.3 Å². The smallest absolute Gasteiger partial charge is 0.459 e. The highest BCUT2D eigenvalue weighted by atomic mass is 31.2. The van der Waals surface area contributed by atoms with Crippen molar-refractivity contribution in [3.05, 3.63) is 77.5 Å². The average molecular weight is 753 g/mol. The lowest BCUT2D eigenvalue weighted by Crippen LogP contribution is -2.42. The molecule has 7 atom stereocenters. The van der Waals surface area contributed by atoms with Crippen LogP contribution in [0.5, 0.6) is 11.5 Å². The number of carboxylic acids is 1. The van der Waals surface area contributed by atoms with Crippen LogP contribution in [0.2, 0.25) is 0 Å². The van der Waals surface area contributed by atoms with Crippen molar-refractivity contribution in [2.24, 2.45) is 11.8 Å². The van der Waals surface area contributed by atoms with Gasteiger partial charge in [-0.1, -0.05) is 64.1 Å². The summed E-state index contributed by atoms with van der Waals surface area (Å²) in [4.78, 5) is 45.0. The summed E-state index contributed by atoms with van der Waals surface area (Å²) in [5, 5.41) is 15.1. The Labute approximate surface area is 294 Å². The molecule has 1 aliphatic heterocycles. The molecule has 3 aromatic rings. The van der Waals surface area contributed by atoms with E-state index in [1.165, 1.54) is 31.4 Å². The minimum Gasteiger partial charge on any atom is -0.480 e. The molecule has 2 aromatic carbocycles. The van der Waals surface area contributed by atoms with Gasteiger partial charge in [0.1, 0.15) is 48.3 Å². The van der Waals surface area contributed by atoms with Gasteiger partial charge < -0.3 is 29.4 Å². The monoisotopic (exact) mass is 752 g/mol. The van der Waals surface area contributed by atoms with E-state index < -0.39 is 82.1 Å². The zero-order valence-corrected chi connectivity index (χ0v) is 30.3. The number of nitrogen functional groups attached to an aromatic ring is 1. The van der Waals surface area contributed by atoms with Crippen LogP contribution in [-0.2, 0) is 37.2 Å². The molecule has 1 saturated heterocycles. The molecule has 4 rings (SSSR count). The van der Waals surface area contributed by atoms with Crippen LogP contribution in [0.15, 0.2) is 71.8 Å². The first kappa shape index (κ1) is 39.6. The molecule has 0 aliphatic carbocycles. The van der Waals surface area contributed by atoms with Crippen LogP contribution in [0.1, 0.15) is 40.3 Å². The number of carbonyl (C=O) groups excluding carboxylic acids is 1. The highest BCUT2D eigenvalue weighted by Crippen LogP contribution is 2.51. The molecule has 0 radical (unpaired) electrons. The third kappa shape index (κ3) is 10.9. The Hall–Kier alpha value is -4.15. The van der Waals surface area contributed by atoms with Crippen molar-refractivity contribution < 1.29 is 51.4 Å². The minimum atomic E-state index is -4.58. The zero-order valence-electron chi connectivity index (χ0n) is 28.6. The quantitative estimate of drug-likeness (QED) is 0.107. The lowest BCUT2D eigenvalue weighted by atomic mass is 10.1. The normalized spacial score (nSPS) is 21.0. The number of rotatable bonds is 18. The number of aromatic nitrogens is 3. The number of methoxy groups -OCH3 is 1. The number of anilines is 1. The molecule has 5 N–H and O–H groups in total. The highest BCUT2D eigenvalue weighted by Gasteiger charge is 2.47. The number of nitrogens with one attached hydrogen (secondary N) is 2. The fourth-order valence-electron chi connectivity index (χ4n) is 4.87. The van der Waals surface area contributed by atoms with Gasteiger partial charge in [0, 0.05) is 6.42 Å². The van der Waals surface area contributed by atoms with Crippen LogP contribution in [-0.4, -0.2) is 69.6 Å². The number of benzene rings is 2. The Morgan fingerprint density at radius 1 is 0.961 bits per heavy atom. The third-order valence-electron chi connectivity index (χ3n) is 7.51. The van der Waals surface area contributed by atoms with Crippen molar-refractivity contribution >= 4 is 33.4 Å². The van der Waals surface area contributed by atoms with Gasteiger partial charge in [-0.15, -0.1) is 0 Å². The number of carboxylic acid groups (broad SMARTS) is 1. The Balaban J connectivity index is 1.70. The van der Waals surface area contributed by atoms with Gasteiger partial charge in [0.2, 0.25) is 5.95 Å². The van der Waals surface area contributed by atoms with Crippen LogP contribution < -0.4 is 30.6 Å². The standard InChI is InChI=1S/C31H42N6O12P2/c1-19(2)26(28(38)39)35-51(43,48-22-14-10-7-11-15-22)49-23-16-25(37-18-33-30(32)34-31(37)41)46-24(23)17-45-50(42,47-21-12-8-6-9-13-21)36-27(20(3)4)29(40)44-5/h6-15,18-20,23-27H,16-17H2,1-5H3,(H,35,43)(H,36,42)(H,38,39)(H2,32,34,41)/t23-,24+,25+,26?,27?,50?,51?/m0/s1. The Morgan fingerprint density at radius 2 is 1.51 bits per heavy atom. The molecule has 1 aliphatic rings. The summed E-state index contributed by atoms with van der Waals surface area (Å²) in [5.41, 5.74) is 4.75. The molecule has 1 aromatic heterocycles. The summed E-state index contributed by atoms with van der Waals surface area (Å²) in [6, 6.07) is 13.5. The van der Waals surface area contributed by atoms with E-state index in [0.717, 1.165) is 10.9 Å². The fourth-order valence-corrected chi connectivity index (χ4v) is 8.42. The molecular formula is C31H42N6O12P2. The second kappa shape index (κ2) is 17.4. The van der Waals surface area contributed by atoms with Gasteiger partial charge in [0.25, 0.3) is 0 Å². The summed E-state index contributed by atoms with van der Waals surface area (Å²) in [6.45, 7) is 6.01. The van der Waals surface area contributed by atoms with Crippen molar-refractivity contribution in [3.8, 4) is 11.5 Å². The van der Waals surface area contributed by atoms with Crippen LogP contribution in [0.4, 0.5) is 5.95 Å². The number of nitrogens with two attached hydrogens (primary N) is 1. The van der Waals surface area contributed by atoms with Crippen LogP contribution in [0.25, 0.3) is 0 Å². The SMILES string of the molecule is COC(=O)C(NP(=O)(OC[C@H]1O[C@@H](n2cnc(N)nc2=O)C[C@@H]1OP(=O)(NC(C(=O)O)C(C)C)Oc1ccccc1)Oc1ccccc1)C(C)C. The van der Waals surface area contributed by atoms with Crippen molar-refractivity contribution in [2.75, 3.05) is 19.5 Å². The maximum Gasteiger partial charge on any atom is 0.459 e. The topological polar surface area (TPSA) is 242 Å². The largest absolute Gasteiger partial charge is 0.480 e. The van der Waals surface area contributed by atoms with E-state index in [2.05, 4.69) is 20.1 Å². The van der Waals surface area contributed by atoms with E-state index in [1.54, 1.807) is 64.1 Å². The van der Waals surface area contributed by atoms with E-state index in [-0.39, 0.29) is 23.9 Å². The molecule has 51 heavy (non-hydrogen) atoms. The van der Waals surface area contributed by atoms with Crippen molar-refractivity contribution in [2.45, 2.75) is 64.6 Å². The molecule has 0 amide bonds. The Bertz CT molecular complexity index is 1780. The molecule has 0 saturated carbocycles. The third-order valence-corrected chi connectivity index (χ3v) is 10.6. The average Bonchev–Trinajstić information content (AvgIpc) is 3.46. The second-order valence-electron chi connectivity index (χ2n) is 12.1. The lowest BCUT2D eigenvalue weighted by molar-refractivity contribution is -0.144. The van der Waals surface area contributed by atoms with Crippen molar-refractivity contribution in [3.63, 3.8) is 0 Å². The predicted molar refractivity (Wildman–Crippen MR) is 183 cm³/mol. The van der Waals surface area contributed by atoms with E-state index in [9.17, 15) is 28.6 Å². The van der Waals surface area contributed by atoms with E-state index in [1.807, 2.05) is 0 Å². The fraction of sp³-hybridized carbons (Fsp3) is 0.452. The maximum atomic E-state index is 14.5. The summed E-state index contributed by atoms with van der Waals surface area (Å²) in [6.07, 6.45) is -2.78. The minimum absolute atomic E-state index is 0.0974. The molecule has 20 heteroatoms. The number of esters is 1. The van der Waals surface area contributed by atoms with Crippen LogP contribution >= 0.6 is 15.5 Å². The Morgan fingerprint density at radius 3 is 2.02 bits per heavy atom. The number of para-hydroxylation sites is 2. The van der Waals surface area contributed by atoms with Gasteiger partial charge >= 0.3 is 33.1 Å². The predicted octanol–water partition coefficient (Wildman–Crippen LogP) is 3.77. The number of hydrogen-bond donors (Lipinski definition) is 4. The molecule has 1 fully saturated rings. The molecule has 0 spiro atoms. The summed E-state index contributed by atoms with van der Waals surface area (Å²) in [7, 11) is -7.85. The molecule has 278 valence electrons. The number of ether oxygens (including phenoxy) is 2. The molecule has 4 unspecified atom stereocenters. The first-order valence-electron chi connectivity index (χ1n) is 15.9. The lowest BCUT2D eigenvalue weighted by Gasteiger charge is -2.30. The van der Waals surface area contributed by atoms with Gasteiger partial charge in [-0.05, 0) is 36.1 Å². The summed E-state index contributed by atoms with van der Waals surface area (Å²) >= 11 is 0. The van der Waals surface area contributed by atoms with Crippen LogP contribution in [0, 0.1) is 11.8 Å². The molecule has 2 heterocycles. The number of carbonyl (C=O) groups is 2. The zero-order chi connectivity index (χ0) is 37.3. The summed E-state index contributed by atoms with van der Waals surface area (Å²) in [5.74, 6) is -3.07. The number of nitrogens with zero attached hydrogens (tertiary/aromatic N) is 3. The molecule has 0 bridgehead atoms. The molecular weight excluding hydrogens is 710 g/mol. The van der Waals surface area contributed by atoms with Gasteiger partial charge in [0.05, 0.1) is 13.7 Å². The number of aliphatic carboxylic acids is 1. The molecule has 18 nitrogen and oxygen atoms in total. The van der Waals surface area contributed by atoms with Gasteiger partial charge in [-0.25, -0.2) is 18.9 Å². The van der Waals surface area contributed by atoms with E-state index >= 15 is 0 Å². The van der Waals surface area contributed by atoms with Gasteiger partial charge in [0.15, 0.2) is 0 Å². The second-order valence-corrected chi connectivity index (χ2v) is 15.4.